The summed E-state index contributed by atoms with van der Waals surface area (Å²) in [5.41, 5.74) is 1.42. The van der Waals surface area contributed by atoms with E-state index in [1.807, 2.05) is 42.5 Å². The van der Waals surface area contributed by atoms with E-state index in [2.05, 4.69) is 27.9 Å². The van der Waals surface area contributed by atoms with E-state index < -0.39 is 0 Å². The maximum atomic E-state index is 12.4. The van der Waals surface area contributed by atoms with Crippen LogP contribution in [0.4, 0.5) is 5.69 Å². The van der Waals surface area contributed by atoms with Crippen molar-refractivity contribution in [3.8, 4) is 0 Å². The summed E-state index contributed by atoms with van der Waals surface area (Å²) in [4.78, 5) is 23.5. The van der Waals surface area contributed by atoms with Crippen molar-refractivity contribution in [3.63, 3.8) is 0 Å². The summed E-state index contributed by atoms with van der Waals surface area (Å²) < 4.78 is 2.08. The zero-order chi connectivity index (χ0) is 15.2. The zero-order valence-corrected chi connectivity index (χ0v) is 15.3. The first-order valence-corrected chi connectivity index (χ1v) is 9.49. The molecule has 2 rings (SSSR count). The Kier molecular flexibility index (Phi) is 5.96. The van der Waals surface area contributed by atoms with Crippen LogP contribution < -0.4 is 9.78 Å². The zero-order valence-electron chi connectivity index (χ0n) is 11.4. The van der Waals surface area contributed by atoms with Gasteiger partial charge >= 0.3 is 144 Å². The molecule has 0 fully saturated rings. The predicted octanol–water partition coefficient (Wildman–Crippen LogP) is 2.88. The minimum atomic E-state index is -0.128. The summed E-state index contributed by atoms with van der Waals surface area (Å²) in [6.07, 6.45) is 0. The molecule has 0 radical (unpaired) electrons. The fraction of sp³-hybridized carbons (Fsp3) is 0.125. The maximum absolute atomic E-state index is 12.4. The van der Waals surface area contributed by atoms with Crippen LogP contribution >= 0.6 is 22.6 Å². The molecule has 2 aromatic rings. The topological polar surface area (TPSA) is 46.2 Å². The number of anilines is 1. The first-order chi connectivity index (χ1) is 10.1. The number of ketones is 1. The molecule has 3 nitrogen and oxygen atoms in total. The minimum absolute atomic E-state index is 0.00810. The summed E-state index contributed by atoms with van der Waals surface area (Å²) in [7, 11) is 0. The number of carbonyl (C=O) groups excluding carboxylic acids is 2. The van der Waals surface area contributed by atoms with Crippen LogP contribution in [0.3, 0.4) is 0 Å². The van der Waals surface area contributed by atoms with Gasteiger partial charge in [0.25, 0.3) is 0 Å². The Bertz CT molecular complexity index is 656. The van der Waals surface area contributed by atoms with E-state index >= 15 is 0 Å². The number of rotatable bonds is 5. The fourth-order valence-corrected chi connectivity index (χ4v) is 3.83. The van der Waals surface area contributed by atoms with Gasteiger partial charge in [-0.15, -0.1) is 0 Å². The van der Waals surface area contributed by atoms with Gasteiger partial charge in [-0.05, 0) is 0 Å². The van der Waals surface area contributed by atoms with Crippen LogP contribution in [-0.2, 0) is 4.79 Å². The van der Waals surface area contributed by atoms with E-state index in [9.17, 15) is 9.59 Å². The van der Waals surface area contributed by atoms with Crippen molar-refractivity contribution in [2.24, 2.45) is 0 Å². The van der Waals surface area contributed by atoms with Crippen LogP contribution in [-0.4, -0.2) is 26.6 Å². The molecule has 0 saturated carbocycles. The molecule has 1 N–H and O–H groups in total. The fourth-order valence-electron chi connectivity index (χ4n) is 1.69. The normalized spacial score (nSPS) is 10.2. The van der Waals surface area contributed by atoms with Gasteiger partial charge in [-0.1, -0.05) is 0 Å². The van der Waals surface area contributed by atoms with Crippen molar-refractivity contribution in [2.75, 3.05) is 5.32 Å². The van der Waals surface area contributed by atoms with Crippen molar-refractivity contribution < 1.29 is 9.59 Å². The molecular formula is C16H14INO2Se. The third-order valence-electron chi connectivity index (χ3n) is 2.66. The average Bonchev–Trinajstić information content (AvgIpc) is 2.47. The Hall–Kier alpha value is -1.17. The van der Waals surface area contributed by atoms with Gasteiger partial charge in [-0.2, -0.15) is 0 Å². The molecule has 2 aromatic carbocycles. The van der Waals surface area contributed by atoms with Crippen LogP contribution in [0, 0.1) is 3.57 Å². The molecule has 0 aliphatic heterocycles. The molecule has 5 heteroatoms. The first kappa shape index (κ1) is 16.2. The number of Topliss-reactive ketones (excluding diaryl/α,β-unsaturated/α-hetero) is 1. The van der Waals surface area contributed by atoms with Crippen molar-refractivity contribution in [2.45, 2.75) is 12.2 Å². The van der Waals surface area contributed by atoms with E-state index in [1.54, 1.807) is 13.0 Å². The molecule has 0 unspecified atom stereocenters. The Morgan fingerprint density at radius 2 is 1.76 bits per heavy atom. The molecule has 0 atom stereocenters. The van der Waals surface area contributed by atoms with E-state index in [4.69, 9.17) is 0 Å². The molecule has 0 heterocycles. The Morgan fingerprint density at radius 3 is 2.43 bits per heavy atom. The molecule has 0 bridgehead atoms. The first-order valence-electron chi connectivity index (χ1n) is 6.34. The van der Waals surface area contributed by atoms with E-state index in [0.717, 1.165) is 13.7 Å². The molecule has 1 amide bonds. The summed E-state index contributed by atoms with van der Waals surface area (Å²) in [6, 6.07) is 15.1. The van der Waals surface area contributed by atoms with Crippen LogP contribution in [0.15, 0.2) is 48.5 Å². The molecule has 0 aromatic heterocycles. The Labute approximate surface area is 143 Å². The number of carbonyl (C=O) groups is 2. The second kappa shape index (κ2) is 7.73. The van der Waals surface area contributed by atoms with Gasteiger partial charge in [-0.25, -0.2) is 0 Å². The van der Waals surface area contributed by atoms with E-state index in [1.165, 1.54) is 0 Å². The molecular weight excluding hydrogens is 444 g/mol. The number of nitrogens with one attached hydrogen (secondary N) is 1. The second-order valence-electron chi connectivity index (χ2n) is 4.45. The molecule has 0 aliphatic carbocycles. The molecule has 0 saturated heterocycles. The van der Waals surface area contributed by atoms with Crippen LogP contribution in [0.2, 0.25) is 5.32 Å². The summed E-state index contributed by atoms with van der Waals surface area (Å²) >= 11 is 2.21. The van der Waals surface area contributed by atoms with Crippen LogP contribution in [0.1, 0.15) is 17.3 Å². The number of amides is 1. The van der Waals surface area contributed by atoms with Gasteiger partial charge < -0.3 is 0 Å². The molecule has 108 valence electrons. The van der Waals surface area contributed by atoms with Crippen molar-refractivity contribution >= 4 is 59.4 Å². The van der Waals surface area contributed by atoms with E-state index in [0.29, 0.717) is 10.9 Å². The van der Waals surface area contributed by atoms with Gasteiger partial charge in [-0.3, -0.25) is 0 Å². The number of halogens is 1. The Morgan fingerprint density at radius 1 is 1.10 bits per heavy atom. The molecule has 0 spiro atoms. The summed E-state index contributed by atoms with van der Waals surface area (Å²) in [5, 5.41) is 3.41. The standard InChI is InChI=1S/C16H14INO2Se/c1-11(19)10-21-15-5-3-2-4-14(15)16(20)18-13-8-6-12(17)7-9-13/h2-9H,10H2,1H3,(H,18,20). The van der Waals surface area contributed by atoms with Gasteiger partial charge in [0.2, 0.25) is 0 Å². The number of hydrogen-bond donors (Lipinski definition) is 1. The third-order valence-corrected chi connectivity index (χ3v) is 5.94. The van der Waals surface area contributed by atoms with Crippen molar-refractivity contribution in [3.05, 3.63) is 57.7 Å². The van der Waals surface area contributed by atoms with Gasteiger partial charge in [0.1, 0.15) is 0 Å². The summed E-state index contributed by atoms with van der Waals surface area (Å²) in [5.74, 6) is 0.0279. The summed E-state index contributed by atoms with van der Waals surface area (Å²) in [6.45, 7) is 1.58. The number of benzene rings is 2. The molecule has 0 aliphatic rings. The van der Waals surface area contributed by atoms with Gasteiger partial charge in [0.15, 0.2) is 0 Å². The average molecular weight is 458 g/mol. The predicted molar refractivity (Wildman–Crippen MR) is 94.4 cm³/mol. The third kappa shape index (κ3) is 4.95. The SMILES string of the molecule is CC(=O)C[Se]c1ccccc1C(=O)Nc1ccc(I)cc1. The van der Waals surface area contributed by atoms with Crippen LogP contribution in [0.25, 0.3) is 0 Å². The monoisotopic (exact) mass is 459 g/mol. The second-order valence-corrected chi connectivity index (χ2v) is 7.83. The quantitative estimate of drug-likeness (QED) is 0.554. The number of hydrogen-bond acceptors (Lipinski definition) is 2. The van der Waals surface area contributed by atoms with Crippen LogP contribution in [0.5, 0.6) is 0 Å². The molecule has 21 heavy (non-hydrogen) atoms. The van der Waals surface area contributed by atoms with Gasteiger partial charge in [0, 0.05) is 0 Å². The van der Waals surface area contributed by atoms with Crippen molar-refractivity contribution in [1.29, 1.82) is 0 Å². The van der Waals surface area contributed by atoms with E-state index in [-0.39, 0.29) is 26.6 Å². The Balaban J connectivity index is 2.14. The van der Waals surface area contributed by atoms with Gasteiger partial charge in [0.05, 0.1) is 0 Å². The van der Waals surface area contributed by atoms with Crippen molar-refractivity contribution in [1.82, 2.24) is 0 Å².